The highest BCUT2D eigenvalue weighted by Crippen LogP contribution is 2.13. The molecule has 0 aromatic heterocycles. The first-order valence-corrected chi connectivity index (χ1v) is 11.9. The second-order valence-corrected chi connectivity index (χ2v) is 8.92. The number of likely N-dealkylation sites (N-methyl/N-ethyl adjacent to an activating group) is 1. The molecule has 9 nitrogen and oxygen atoms in total. The number of sulfonamides is 1. The third-order valence-electron chi connectivity index (χ3n) is 4.70. The number of nitro groups is 1. The van der Waals surface area contributed by atoms with Gasteiger partial charge < -0.3 is 10.2 Å². The van der Waals surface area contributed by atoms with Crippen molar-refractivity contribution in [3.63, 3.8) is 0 Å². The van der Waals surface area contributed by atoms with Gasteiger partial charge in [0.25, 0.3) is 11.6 Å². The molecular weight excluding hydrogens is 420 g/mol. The lowest BCUT2D eigenvalue weighted by Crippen LogP contribution is -2.31. The van der Waals surface area contributed by atoms with E-state index >= 15 is 0 Å². The lowest BCUT2D eigenvalue weighted by molar-refractivity contribution is -0.384. The van der Waals surface area contributed by atoms with Crippen LogP contribution in [-0.2, 0) is 16.4 Å². The summed E-state index contributed by atoms with van der Waals surface area (Å²) >= 11 is 0. The van der Waals surface area contributed by atoms with Gasteiger partial charge in [0.2, 0.25) is 10.0 Å². The zero-order chi connectivity index (χ0) is 22.9. The number of nitro benzene ring substituents is 1. The zero-order valence-corrected chi connectivity index (χ0v) is 18.5. The van der Waals surface area contributed by atoms with Crippen molar-refractivity contribution in [1.82, 2.24) is 10.2 Å². The monoisotopic (exact) mass is 448 g/mol. The molecule has 2 rings (SSSR count). The molecule has 2 N–H and O–H groups in total. The summed E-state index contributed by atoms with van der Waals surface area (Å²) in [7, 11) is -3.35. The number of benzene rings is 2. The Bertz CT molecular complexity index is 976. The Labute approximate surface area is 182 Å². The number of hydrogen-bond donors (Lipinski definition) is 2. The van der Waals surface area contributed by atoms with E-state index in [9.17, 15) is 23.3 Å². The van der Waals surface area contributed by atoms with E-state index < -0.39 is 14.9 Å². The summed E-state index contributed by atoms with van der Waals surface area (Å²) < 4.78 is 24.8. The predicted molar refractivity (Wildman–Crippen MR) is 121 cm³/mol. The molecule has 0 saturated carbocycles. The van der Waals surface area contributed by atoms with E-state index in [1.807, 2.05) is 0 Å². The molecule has 0 aliphatic heterocycles. The topological polar surface area (TPSA) is 122 Å². The van der Waals surface area contributed by atoms with Gasteiger partial charge in [0.1, 0.15) is 0 Å². The summed E-state index contributed by atoms with van der Waals surface area (Å²) in [5, 5.41) is 13.6. The Morgan fingerprint density at radius 1 is 1.06 bits per heavy atom. The van der Waals surface area contributed by atoms with Crippen LogP contribution in [-0.4, -0.2) is 56.6 Å². The summed E-state index contributed by atoms with van der Waals surface area (Å²) in [4.78, 5) is 24.8. The third kappa shape index (κ3) is 8.73. The number of anilines is 1. The number of rotatable bonds is 12. The predicted octanol–water partition coefficient (Wildman–Crippen LogP) is 2.65. The Morgan fingerprint density at radius 2 is 1.71 bits per heavy atom. The maximum atomic E-state index is 12.2. The quantitative estimate of drug-likeness (QED) is 0.292. The van der Waals surface area contributed by atoms with Gasteiger partial charge in [-0.05, 0) is 55.8 Å². The van der Waals surface area contributed by atoms with Crippen molar-refractivity contribution in [2.75, 3.05) is 37.2 Å². The molecule has 0 saturated heterocycles. The number of carbonyl (C=O) groups is 1. The van der Waals surface area contributed by atoms with Crippen LogP contribution in [0.2, 0.25) is 0 Å². The minimum absolute atomic E-state index is 0.0909. The van der Waals surface area contributed by atoms with Crippen molar-refractivity contribution in [2.24, 2.45) is 0 Å². The van der Waals surface area contributed by atoms with Crippen LogP contribution in [0.5, 0.6) is 0 Å². The van der Waals surface area contributed by atoms with Crippen molar-refractivity contribution in [3.8, 4) is 0 Å². The van der Waals surface area contributed by atoms with Crippen LogP contribution in [0.25, 0.3) is 0 Å². The lowest BCUT2D eigenvalue weighted by Gasteiger charge is -2.20. The molecule has 0 bridgehead atoms. The lowest BCUT2D eigenvalue weighted by atomic mass is 10.1. The van der Waals surface area contributed by atoms with Crippen LogP contribution in [0, 0.1) is 10.1 Å². The first kappa shape index (κ1) is 24.3. The number of nitrogens with one attached hydrogen (secondary N) is 2. The first-order chi connectivity index (χ1) is 14.7. The molecule has 2 aromatic rings. The molecule has 0 heterocycles. The molecule has 2 aromatic carbocycles. The van der Waals surface area contributed by atoms with Gasteiger partial charge >= 0.3 is 0 Å². The molecule has 0 aliphatic carbocycles. The number of carbonyl (C=O) groups excluding carboxylic acids is 1. The fourth-order valence-corrected chi connectivity index (χ4v) is 3.57. The Hall–Kier alpha value is -2.98. The Balaban J connectivity index is 1.72. The molecule has 10 heteroatoms. The van der Waals surface area contributed by atoms with Gasteiger partial charge in [0.05, 0.1) is 11.2 Å². The Kier molecular flexibility index (Phi) is 8.95. The highest BCUT2D eigenvalue weighted by molar-refractivity contribution is 7.92. The normalized spacial score (nSPS) is 11.3. The van der Waals surface area contributed by atoms with Gasteiger partial charge in [0.15, 0.2) is 0 Å². The molecule has 0 aliphatic rings. The van der Waals surface area contributed by atoms with Crippen molar-refractivity contribution in [2.45, 2.75) is 19.8 Å². The highest BCUT2D eigenvalue weighted by Gasteiger charge is 2.09. The minimum Gasteiger partial charge on any atom is -0.352 e. The largest absolute Gasteiger partial charge is 0.352 e. The number of amides is 1. The fourth-order valence-electron chi connectivity index (χ4n) is 3.01. The van der Waals surface area contributed by atoms with Crippen molar-refractivity contribution in [3.05, 3.63) is 69.8 Å². The smallest absolute Gasteiger partial charge is 0.269 e. The fraction of sp³-hybridized carbons (Fsp3) is 0.381. The van der Waals surface area contributed by atoms with E-state index in [1.54, 1.807) is 36.4 Å². The van der Waals surface area contributed by atoms with Crippen molar-refractivity contribution >= 4 is 27.3 Å². The van der Waals surface area contributed by atoms with E-state index in [1.165, 1.54) is 12.1 Å². The first-order valence-electron chi connectivity index (χ1n) is 9.99. The van der Waals surface area contributed by atoms with Gasteiger partial charge in [-0.3, -0.25) is 19.6 Å². The molecule has 0 fully saturated rings. The van der Waals surface area contributed by atoms with E-state index in [0.29, 0.717) is 17.8 Å². The highest BCUT2D eigenvalue weighted by atomic mass is 32.2. The van der Waals surface area contributed by atoms with Gasteiger partial charge in [-0.15, -0.1) is 0 Å². The van der Waals surface area contributed by atoms with E-state index in [0.717, 1.165) is 44.3 Å². The standard InChI is InChI=1S/C21H28N4O5S/c1-3-24(16-13-17-5-11-20(12-6-17)25(27)28)15-4-14-22-21(26)18-7-9-19(10-8-18)23-31(2,29)30/h5-12,23H,3-4,13-16H2,1-2H3,(H,22,26). The van der Waals surface area contributed by atoms with Gasteiger partial charge in [-0.25, -0.2) is 8.42 Å². The van der Waals surface area contributed by atoms with Gasteiger partial charge in [-0.2, -0.15) is 0 Å². The summed E-state index contributed by atoms with van der Waals surface area (Å²) in [6.07, 6.45) is 2.65. The second kappa shape index (κ2) is 11.4. The van der Waals surface area contributed by atoms with Crippen LogP contribution >= 0.6 is 0 Å². The van der Waals surface area contributed by atoms with Crippen LogP contribution < -0.4 is 10.0 Å². The maximum absolute atomic E-state index is 12.2. The average molecular weight is 449 g/mol. The zero-order valence-electron chi connectivity index (χ0n) is 17.7. The summed E-state index contributed by atoms with van der Waals surface area (Å²) in [6.45, 7) is 5.12. The second-order valence-electron chi connectivity index (χ2n) is 7.17. The van der Waals surface area contributed by atoms with Crippen LogP contribution in [0.15, 0.2) is 48.5 Å². The van der Waals surface area contributed by atoms with Crippen LogP contribution in [0.4, 0.5) is 11.4 Å². The molecular formula is C21H28N4O5S. The van der Waals surface area contributed by atoms with Crippen LogP contribution in [0.1, 0.15) is 29.3 Å². The third-order valence-corrected chi connectivity index (χ3v) is 5.30. The van der Waals surface area contributed by atoms with E-state index in [4.69, 9.17) is 0 Å². The SMILES string of the molecule is CCN(CCCNC(=O)c1ccc(NS(C)(=O)=O)cc1)CCc1ccc([N+](=O)[O-])cc1. The molecule has 0 radical (unpaired) electrons. The van der Waals surface area contributed by atoms with E-state index in [-0.39, 0.29) is 11.6 Å². The summed E-state index contributed by atoms with van der Waals surface area (Å²) in [5.74, 6) is -0.208. The molecule has 1 amide bonds. The van der Waals surface area contributed by atoms with Gasteiger partial charge in [-0.1, -0.05) is 19.1 Å². The Morgan fingerprint density at radius 3 is 2.26 bits per heavy atom. The molecule has 0 atom stereocenters. The summed E-state index contributed by atoms with van der Waals surface area (Å²) in [5.41, 5.74) is 2.01. The van der Waals surface area contributed by atoms with Gasteiger partial charge in [0, 0.05) is 36.5 Å². The molecule has 0 unspecified atom stereocenters. The van der Waals surface area contributed by atoms with E-state index in [2.05, 4.69) is 21.9 Å². The van der Waals surface area contributed by atoms with Crippen LogP contribution in [0.3, 0.4) is 0 Å². The average Bonchev–Trinajstić information content (AvgIpc) is 2.72. The maximum Gasteiger partial charge on any atom is 0.269 e. The molecule has 168 valence electrons. The van der Waals surface area contributed by atoms with Crippen molar-refractivity contribution in [1.29, 1.82) is 0 Å². The molecule has 0 spiro atoms. The number of non-ortho nitro benzene ring substituents is 1. The minimum atomic E-state index is -3.35. The number of hydrogen-bond acceptors (Lipinski definition) is 6. The van der Waals surface area contributed by atoms with Crippen molar-refractivity contribution < 1.29 is 18.1 Å². The number of nitrogens with zero attached hydrogens (tertiary/aromatic N) is 2. The summed E-state index contributed by atoms with van der Waals surface area (Å²) in [6, 6.07) is 12.8. The molecule has 31 heavy (non-hydrogen) atoms.